The van der Waals surface area contributed by atoms with Crippen LogP contribution in [0.15, 0.2) is 47.4 Å². The molecule has 5 nitrogen and oxygen atoms in total. The molecule has 0 unspecified atom stereocenters. The molecule has 2 aromatic heterocycles. The Kier molecular flexibility index (Phi) is 4.94. The normalized spacial score (nSPS) is 12.2. The number of benzene rings is 1. The number of ketones is 1. The minimum Gasteiger partial charge on any atom is -0.309 e. The van der Waals surface area contributed by atoms with Crippen molar-refractivity contribution in [2.45, 2.75) is 13.0 Å². The van der Waals surface area contributed by atoms with E-state index < -0.39 is 0 Å². The summed E-state index contributed by atoms with van der Waals surface area (Å²) in [5, 5.41) is 1.31. The molecule has 0 aliphatic heterocycles. The topological polar surface area (TPSA) is 55.2 Å². The zero-order valence-electron chi connectivity index (χ0n) is 14.7. The molecule has 0 atom stereocenters. The van der Waals surface area contributed by atoms with Gasteiger partial charge in [-0.15, -0.1) is 12.4 Å². The van der Waals surface area contributed by atoms with Crippen molar-refractivity contribution in [1.29, 1.82) is 0 Å². The second kappa shape index (κ2) is 7.02. The smallest absolute Gasteiger partial charge is 0.258 e. The molecule has 0 radical (unpaired) electrons. The quantitative estimate of drug-likeness (QED) is 0.555. The minimum absolute atomic E-state index is 0. The van der Waals surface area contributed by atoms with E-state index in [1.165, 1.54) is 0 Å². The van der Waals surface area contributed by atoms with E-state index in [9.17, 15) is 9.59 Å². The summed E-state index contributed by atoms with van der Waals surface area (Å²) in [7, 11) is 4.02. The first kappa shape index (κ1) is 18.3. The molecule has 0 saturated heterocycles. The van der Waals surface area contributed by atoms with Crippen molar-refractivity contribution in [1.82, 2.24) is 14.5 Å². The van der Waals surface area contributed by atoms with Crippen molar-refractivity contribution in [2.75, 3.05) is 20.6 Å². The molecule has 0 bridgehead atoms. The summed E-state index contributed by atoms with van der Waals surface area (Å²) in [6, 6.07) is 10.9. The molecule has 3 aromatic rings. The van der Waals surface area contributed by atoms with Gasteiger partial charge in [-0.1, -0.05) is 18.2 Å². The van der Waals surface area contributed by atoms with Crippen molar-refractivity contribution >= 4 is 29.0 Å². The van der Waals surface area contributed by atoms with Gasteiger partial charge < -0.3 is 9.47 Å². The molecule has 1 aliphatic carbocycles. The summed E-state index contributed by atoms with van der Waals surface area (Å²) in [5.41, 5.74) is 2.42. The Morgan fingerprint density at radius 1 is 1.04 bits per heavy atom. The minimum atomic E-state index is -0.0561. The van der Waals surface area contributed by atoms with Gasteiger partial charge in [-0.05, 0) is 45.3 Å². The molecule has 134 valence electrons. The Morgan fingerprint density at radius 2 is 1.77 bits per heavy atom. The number of fused-ring (bicyclic) bond motifs is 5. The third-order valence-corrected chi connectivity index (χ3v) is 4.67. The van der Waals surface area contributed by atoms with Crippen LogP contribution < -0.4 is 5.56 Å². The van der Waals surface area contributed by atoms with Gasteiger partial charge in [0.05, 0.1) is 22.5 Å². The lowest BCUT2D eigenvalue weighted by molar-refractivity contribution is 0.104. The molecule has 0 N–H and O–H groups in total. The van der Waals surface area contributed by atoms with Gasteiger partial charge in [-0.25, -0.2) is 0 Å². The largest absolute Gasteiger partial charge is 0.309 e. The number of aromatic nitrogens is 2. The lowest BCUT2D eigenvalue weighted by Crippen LogP contribution is -2.25. The number of hydrogen-bond acceptors (Lipinski definition) is 4. The molecule has 0 spiro atoms. The molecule has 1 aromatic carbocycles. The molecule has 4 rings (SSSR count). The summed E-state index contributed by atoms with van der Waals surface area (Å²) >= 11 is 0. The fraction of sp³-hybridized carbons (Fsp3) is 0.250. The Labute approximate surface area is 157 Å². The average Bonchev–Trinajstić information content (AvgIpc) is 2.91. The van der Waals surface area contributed by atoms with E-state index >= 15 is 0 Å². The van der Waals surface area contributed by atoms with Crippen LogP contribution in [-0.4, -0.2) is 40.9 Å². The van der Waals surface area contributed by atoms with E-state index in [0.717, 1.165) is 13.0 Å². The Hall–Kier alpha value is -2.50. The van der Waals surface area contributed by atoms with Crippen molar-refractivity contribution in [3.8, 4) is 11.4 Å². The van der Waals surface area contributed by atoms with Gasteiger partial charge in [0.2, 0.25) is 0 Å². The van der Waals surface area contributed by atoms with E-state index in [-0.39, 0.29) is 23.7 Å². The van der Waals surface area contributed by atoms with Crippen LogP contribution >= 0.6 is 12.4 Å². The van der Waals surface area contributed by atoms with Crippen molar-refractivity contribution < 1.29 is 4.79 Å². The van der Waals surface area contributed by atoms with Gasteiger partial charge >= 0.3 is 0 Å². The van der Waals surface area contributed by atoms with Crippen LogP contribution in [0.5, 0.6) is 0 Å². The van der Waals surface area contributed by atoms with Crippen LogP contribution in [0.1, 0.15) is 22.3 Å². The first-order valence-electron chi connectivity index (χ1n) is 8.40. The van der Waals surface area contributed by atoms with E-state index in [1.54, 1.807) is 29.0 Å². The van der Waals surface area contributed by atoms with Gasteiger partial charge in [0.25, 0.3) is 5.56 Å². The highest BCUT2D eigenvalue weighted by atomic mass is 35.5. The maximum atomic E-state index is 13.1. The van der Waals surface area contributed by atoms with Crippen LogP contribution in [-0.2, 0) is 6.54 Å². The summed E-state index contributed by atoms with van der Waals surface area (Å²) in [4.78, 5) is 32.6. The van der Waals surface area contributed by atoms with Crippen molar-refractivity contribution in [3.05, 3.63) is 64.1 Å². The van der Waals surface area contributed by atoms with Crippen molar-refractivity contribution in [2.24, 2.45) is 0 Å². The summed E-state index contributed by atoms with van der Waals surface area (Å²) in [6.07, 6.45) is 2.50. The van der Waals surface area contributed by atoms with Gasteiger partial charge in [0.1, 0.15) is 0 Å². The molecule has 0 saturated carbocycles. The number of nitrogens with zero attached hydrogens (tertiary/aromatic N) is 3. The third kappa shape index (κ3) is 2.73. The Balaban J connectivity index is 0.00000196. The first-order valence-corrected chi connectivity index (χ1v) is 8.40. The zero-order chi connectivity index (χ0) is 17.6. The van der Waals surface area contributed by atoms with Crippen LogP contribution in [0.2, 0.25) is 0 Å². The van der Waals surface area contributed by atoms with E-state index in [0.29, 0.717) is 39.8 Å². The van der Waals surface area contributed by atoms with Gasteiger partial charge in [0, 0.05) is 23.5 Å². The predicted molar refractivity (Wildman–Crippen MR) is 105 cm³/mol. The molecular formula is C20H20ClN3O2. The summed E-state index contributed by atoms with van der Waals surface area (Å²) in [5.74, 6) is -0.0457. The summed E-state index contributed by atoms with van der Waals surface area (Å²) < 4.78 is 1.73. The highest BCUT2D eigenvalue weighted by Gasteiger charge is 2.33. The van der Waals surface area contributed by atoms with Gasteiger partial charge in [-0.2, -0.15) is 0 Å². The average molecular weight is 370 g/mol. The fourth-order valence-corrected chi connectivity index (χ4v) is 3.54. The highest BCUT2D eigenvalue weighted by molar-refractivity contribution is 6.26. The number of carbonyl (C=O) groups is 1. The van der Waals surface area contributed by atoms with Crippen molar-refractivity contribution in [3.63, 3.8) is 0 Å². The third-order valence-electron chi connectivity index (χ3n) is 4.67. The Bertz CT molecular complexity index is 1060. The van der Waals surface area contributed by atoms with E-state index in [1.807, 2.05) is 32.3 Å². The highest BCUT2D eigenvalue weighted by Crippen LogP contribution is 2.37. The SMILES string of the molecule is CN(C)CCCn1c2c(c3ccccc3c1=O)C(=O)c1cccnc1-2.Cl. The molecule has 0 fully saturated rings. The predicted octanol–water partition coefficient (Wildman–Crippen LogP) is 2.98. The zero-order valence-corrected chi connectivity index (χ0v) is 15.5. The lowest BCUT2D eigenvalue weighted by atomic mass is 10.0. The first-order chi connectivity index (χ1) is 12.1. The standard InChI is InChI=1S/C20H19N3O2.ClH/c1-22(2)11-6-12-23-18-16(13-7-3-4-8-14(13)20(23)25)19(24)15-9-5-10-21-17(15)18;/h3-5,7-10H,6,11-12H2,1-2H3;1H. The second-order valence-corrected chi connectivity index (χ2v) is 6.61. The van der Waals surface area contributed by atoms with Crippen LogP contribution in [0.3, 0.4) is 0 Å². The molecule has 1 aliphatic rings. The van der Waals surface area contributed by atoms with E-state index in [2.05, 4.69) is 9.88 Å². The number of carbonyl (C=O) groups excluding carboxylic acids is 1. The van der Waals surface area contributed by atoms with Gasteiger partial charge in [0.15, 0.2) is 5.78 Å². The molecule has 2 heterocycles. The molecule has 26 heavy (non-hydrogen) atoms. The maximum Gasteiger partial charge on any atom is 0.258 e. The Morgan fingerprint density at radius 3 is 2.50 bits per heavy atom. The monoisotopic (exact) mass is 369 g/mol. The summed E-state index contributed by atoms with van der Waals surface area (Å²) in [6.45, 7) is 1.44. The van der Waals surface area contributed by atoms with E-state index in [4.69, 9.17) is 0 Å². The maximum absolute atomic E-state index is 13.1. The molecular weight excluding hydrogens is 350 g/mol. The lowest BCUT2D eigenvalue weighted by Gasteiger charge is -2.16. The molecule has 0 amide bonds. The fourth-order valence-electron chi connectivity index (χ4n) is 3.54. The number of rotatable bonds is 4. The molecule has 6 heteroatoms. The van der Waals surface area contributed by atoms with Crippen LogP contribution in [0.25, 0.3) is 22.2 Å². The van der Waals surface area contributed by atoms with Gasteiger partial charge in [-0.3, -0.25) is 14.6 Å². The van der Waals surface area contributed by atoms with Crippen LogP contribution in [0.4, 0.5) is 0 Å². The number of halogens is 1. The van der Waals surface area contributed by atoms with Crippen LogP contribution in [0, 0.1) is 0 Å². The number of pyridine rings is 2. The second-order valence-electron chi connectivity index (χ2n) is 6.61. The number of hydrogen-bond donors (Lipinski definition) is 0.